The van der Waals surface area contributed by atoms with Gasteiger partial charge in [-0.25, -0.2) is 0 Å². The van der Waals surface area contributed by atoms with Crippen LogP contribution in [-0.2, 0) is 4.79 Å². The number of rotatable bonds is 5. The third kappa shape index (κ3) is 3.95. The van der Waals surface area contributed by atoms with Crippen molar-refractivity contribution >= 4 is 5.91 Å². The lowest BCUT2D eigenvalue weighted by Crippen LogP contribution is -2.55. The number of nitrogens with one attached hydrogen (secondary N) is 1. The van der Waals surface area contributed by atoms with Crippen LogP contribution in [0.15, 0.2) is 0 Å². The highest BCUT2D eigenvalue weighted by Crippen LogP contribution is 2.18. The molecule has 1 fully saturated rings. The molecule has 1 aliphatic heterocycles. The molecule has 0 aromatic carbocycles. The molecule has 0 saturated carbocycles. The van der Waals surface area contributed by atoms with Crippen molar-refractivity contribution in [3.8, 4) is 0 Å². The Bertz CT molecular complexity index is 266. The van der Waals surface area contributed by atoms with Crippen molar-refractivity contribution in [2.75, 3.05) is 6.54 Å². The zero-order valence-electron chi connectivity index (χ0n) is 12.3. The molecule has 4 heteroatoms. The zero-order valence-corrected chi connectivity index (χ0v) is 12.3. The van der Waals surface area contributed by atoms with E-state index in [9.17, 15) is 4.79 Å². The van der Waals surface area contributed by atoms with Crippen molar-refractivity contribution in [2.45, 2.75) is 77.5 Å². The van der Waals surface area contributed by atoms with Crippen molar-refractivity contribution in [3.63, 3.8) is 0 Å². The maximum absolute atomic E-state index is 12.2. The molecule has 1 amide bonds. The van der Waals surface area contributed by atoms with E-state index in [2.05, 4.69) is 31.0 Å². The van der Waals surface area contributed by atoms with Gasteiger partial charge in [0.15, 0.2) is 0 Å². The normalized spacial score (nSPS) is 27.2. The monoisotopic (exact) mass is 255 g/mol. The third-order valence-corrected chi connectivity index (χ3v) is 4.18. The van der Waals surface area contributed by atoms with Crippen LogP contribution in [0, 0.1) is 0 Å². The first-order valence-electron chi connectivity index (χ1n) is 7.31. The molecule has 0 radical (unpaired) electrons. The Kier molecular flexibility index (Phi) is 6.09. The van der Waals surface area contributed by atoms with Gasteiger partial charge in [0.05, 0.1) is 6.04 Å². The molecule has 4 nitrogen and oxygen atoms in total. The second kappa shape index (κ2) is 7.10. The Morgan fingerprint density at radius 2 is 2.06 bits per heavy atom. The minimum atomic E-state index is -0.0481. The number of hydrogen-bond acceptors (Lipinski definition) is 3. The van der Waals surface area contributed by atoms with Gasteiger partial charge in [-0.15, -0.1) is 0 Å². The largest absolute Gasteiger partial charge is 0.352 e. The molecule has 0 aromatic heterocycles. The lowest BCUT2D eigenvalue weighted by atomic mass is 9.97. The number of carbonyl (C=O) groups is 1. The van der Waals surface area contributed by atoms with Crippen molar-refractivity contribution in [1.29, 1.82) is 0 Å². The van der Waals surface area contributed by atoms with Crippen LogP contribution in [0.3, 0.4) is 0 Å². The van der Waals surface area contributed by atoms with Crippen molar-refractivity contribution < 1.29 is 4.79 Å². The quantitative estimate of drug-likeness (QED) is 0.782. The summed E-state index contributed by atoms with van der Waals surface area (Å²) in [5.74, 6) is 0.158. The minimum absolute atomic E-state index is 0.0481. The maximum Gasteiger partial charge on any atom is 0.237 e. The van der Waals surface area contributed by atoms with Crippen LogP contribution in [0.2, 0.25) is 0 Å². The van der Waals surface area contributed by atoms with Gasteiger partial charge in [-0.05, 0) is 39.5 Å². The zero-order chi connectivity index (χ0) is 13.7. The van der Waals surface area contributed by atoms with E-state index >= 15 is 0 Å². The molecule has 1 aliphatic rings. The average Bonchev–Trinajstić information content (AvgIpc) is 2.34. The van der Waals surface area contributed by atoms with Gasteiger partial charge in [0, 0.05) is 24.7 Å². The molecule has 1 heterocycles. The van der Waals surface area contributed by atoms with E-state index in [0.717, 1.165) is 32.2 Å². The first-order chi connectivity index (χ1) is 8.49. The van der Waals surface area contributed by atoms with Gasteiger partial charge in [-0.1, -0.05) is 13.8 Å². The number of hydrogen-bond donors (Lipinski definition) is 2. The summed E-state index contributed by atoms with van der Waals surface area (Å²) in [6.45, 7) is 9.33. The summed E-state index contributed by atoms with van der Waals surface area (Å²) in [7, 11) is 0. The molecule has 3 N–H and O–H groups in total. The molecular weight excluding hydrogens is 226 g/mol. The Labute approximate surface area is 111 Å². The van der Waals surface area contributed by atoms with E-state index in [1.807, 2.05) is 6.92 Å². The van der Waals surface area contributed by atoms with Gasteiger partial charge in [-0.3, -0.25) is 9.69 Å². The topological polar surface area (TPSA) is 58.4 Å². The number of piperidine rings is 1. The molecule has 1 rings (SSSR count). The van der Waals surface area contributed by atoms with Crippen molar-refractivity contribution in [1.82, 2.24) is 10.2 Å². The highest BCUT2D eigenvalue weighted by atomic mass is 16.2. The number of carbonyl (C=O) groups excluding carboxylic acids is 1. The molecule has 18 heavy (non-hydrogen) atoms. The highest BCUT2D eigenvalue weighted by molar-refractivity contribution is 5.81. The number of nitrogens with two attached hydrogens (primary N) is 1. The Morgan fingerprint density at radius 1 is 1.44 bits per heavy atom. The fraction of sp³-hybridized carbons (Fsp3) is 0.929. The molecule has 3 unspecified atom stereocenters. The molecule has 3 atom stereocenters. The maximum atomic E-state index is 12.2. The van der Waals surface area contributed by atoms with Gasteiger partial charge in [0.1, 0.15) is 0 Å². The lowest BCUT2D eigenvalue weighted by molar-refractivity contribution is -0.128. The molecule has 1 saturated heterocycles. The van der Waals surface area contributed by atoms with E-state index in [1.165, 1.54) is 0 Å². The standard InChI is InChI=1S/C14H29N3O/c1-5-13(6-2)16-14(18)11(4)17-8-7-12(15)9-10(17)3/h10-13H,5-9,15H2,1-4H3,(H,16,18). The van der Waals surface area contributed by atoms with Gasteiger partial charge in [-0.2, -0.15) is 0 Å². The molecule has 0 bridgehead atoms. The predicted molar refractivity (Wildman–Crippen MR) is 75.4 cm³/mol. The van der Waals surface area contributed by atoms with Crippen LogP contribution in [0.1, 0.15) is 53.4 Å². The van der Waals surface area contributed by atoms with Crippen LogP contribution in [-0.4, -0.2) is 41.5 Å². The molecular formula is C14H29N3O. The third-order valence-electron chi connectivity index (χ3n) is 4.18. The van der Waals surface area contributed by atoms with Gasteiger partial charge < -0.3 is 11.1 Å². The summed E-state index contributed by atoms with van der Waals surface area (Å²) < 4.78 is 0. The van der Waals surface area contributed by atoms with Crippen LogP contribution in [0.25, 0.3) is 0 Å². The summed E-state index contributed by atoms with van der Waals surface area (Å²) in [6, 6.07) is 0.956. The molecule has 0 aliphatic carbocycles. The smallest absolute Gasteiger partial charge is 0.237 e. The van der Waals surface area contributed by atoms with E-state index in [0.29, 0.717) is 18.1 Å². The van der Waals surface area contributed by atoms with Crippen molar-refractivity contribution in [3.05, 3.63) is 0 Å². The highest BCUT2D eigenvalue weighted by Gasteiger charge is 2.30. The summed E-state index contributed by atoms with van der Waals surface area (Å²) in [6.07, 6.45) is 3.97. The number of amides is 1. The van der Waals surface area contributed by atoms with E-state index in [-0.39, 0.29) is 11.9 Å². The minimum Gasteiger partial charge on any atom is -0.352 e. The SMILES string of the molecule is CCC(CC)NC(=O)C(C)N1CCC(N)CC1C. The lowest BCUT2D eigenvalue weighted by Gasteiger charge is -2.39. The second-order valence-electron chi connectivity index (χ2n) is 5.57. The van der Waals surface area contributed by atoms with E-state index in [4.69, 9.17) is 5.73 Å². The van der Waals surface area contributed by atoms with Crippen LogP contribution < -0.4 is 11.1 Å². The predicted octanol–water partition coefficient (Wildman–Crippen LogP) is 1.49. The Hall–Kier alpha value is -0.610. The number of likely N-dealkylation sites (tertiary alicyclic amines) is 1. The first-order valence-corrected chi connectivity index (χ1v) is 7.31. The fourth-order valence-corrected chi connectivity index (χ4v) is 2.77. The summed E-state index contributed by atoms with van der Waals surface area (Å²) in [4.78, 5) is 14.5. The Morgan fingerprint density at radius 3 is 2.56 bits per heavy atom. The summed E-state index contributed by atoms with van der Waals surface area (Å²) >= 11 is 0. The molecule has 0 spiro atoms. The molecule has 0 aromatic rings. The van der Waals surface area contributed by atoms with Crippen LogP contribution >= 0.6 is 0 Å². The fourth-order valence-electron chi connectivity index (χ4n) is 2.77. The summed E-state index contributed by atoms with van der Waals surface area (Å²) in [5.41, 5.74) is 5.96. The van der Waals surface area contributed by atoms with E-state index < -0.39 is 0 Å². The molecule has 106 valence electrons. The van der Waals surface area contributed by atoms with Crippen LogP contribution in [0.4, 0.5) is 0 Å². The second-order valence-corrected chi connectivity index (χ2v) is 5.57. The van der Waals surface area contributed by atoms with Crippen LogP contribution in [0.5, 0.6) is 0 Å². The van der Waals surface area contributed by atoms with Gasteiger partial charge in [0.2, 0.25) is 5.91 Å². The number of nitrogens with zero attached hydrogens (tertiary/aromatic N) is 1. The average molecular weight is 255 g/mol. The van der Waals surface area contributed by atoms with Crippen molar-refractivity contribution in [2.24, 2.45) is 5.73 Å². The first kappa shape index (κ1) is 15.4. The van der Waals surface area contributed by atoms with Gasteiger partial charge in [0.25, 0.3) is 0 Å². The summed E-state index contributed by atoms with van der Waals surface area (Å²) in [5, 5.41) is 3.13. The van der Waals surface area contributed by atoms with Gasteiger partial charge >= 0.3 is 0 Å². The Balaban J connectivity index is 2.52. The van der Waals surface area contributed by atoms with E-state index in [1.54, 1.807) is 0 Å².